The topological polar surface area (TPSA) is 30.5 Å². The van der Waals surface area contributed by atoms with Gasteiger partial charge in [-0.15, -0.1) is 0 Å². The van der Waals surface area contributed by atoms with Crippen LogP contribution in [0.1, 0.15) is 32.6 Å². The molecule has 1 heterocycles. The molecule has 0 aliphatic carbocycles. The Kier molecular flexibility index (Phi) is 6.15. The summed E-state index contributed by atoms with van der Waals surface area (Å²) in [6.07, 6.45) is 5.48. The van der Waals surface area contributed by atoms with Crippen LogP contribution in [0.2, 0.25) is 0 Å². The molecule has 0 aromatic heterocycles. The lowest BCUT2D eigenvalue weighted by atomic mass is 10.1. The third kappa shape index (κ3) is 4.40. The third-order valence-corrected chi connectivity index (χ3v) is 2.73. The minimum Gasteiger partial charge on any atom is -0.382 e. The standard InChI is InChI=1S/C11H23NO2/c1-3-4-5-10-8-11(9-12-10)14-7-6-13-2/h10-12H,3-9H2,1-2H3/t10-,11-/m0/s1. The van der Waals surface area contributed by atoms with Crippen molar-refractivity contribution >= 4 is 0 Å². The van der Waals surface area contributed by atoms with Crippen molar-refractivity contribution in [2.24, 2.45) is 0 Å². The first-order chi connectivity index (χ1) is 6.86. The van der Waals surface area contributed by atoms with E-state index in [2.05, 4.69) is 12.2 Å². The molecule has 2 atom stereocenters. The Balaban J connectivity index is 2.02. The van der Waals surface area contributed by atoms with E-state index in [1.807, 2.05) is 0 Å². The minimum atomic E-state index is 0.409. The fourth-order valence-electron chi connectivity index (χ4n) is 1.88. The molecule has 0 saturated carbocycles. The van der Waals surface area contributed by atoms with E-state index in [9.17, 15) is 0 Å². The maximum Gasteiger partial charge on any atom is 0.0715 e. The van der Waals surface area contributed by atoms with E-state index in [0.29, 0.717) is 18.8 Å². The monoisotopic (exact) mass is 201 g/mol. The second-order valence-electron chi connectivity index (χ2n) is 3.97. The maximum absolute atomic E-state index is 5.67. The fourth-order valence-corrected chi connectivity index (χ4v) is 1.88. The number of nitrogens with one attached hydrogen (secondary N) is 1. The molecule has 14 heavy (non-hydrogen) atoms. The third-order valence-electron chi connectivity index (χ3n) is 2.73. The molecule has 1 aliphatic heterocycles. The largest absolute Gasteiger partial charge is 0.382 e. The molecule has 0 amide bonds. The zero-order valence-electron chi connectivity index (χ0n) is 9.42. The second-order valence-corrected chi connectivity index (χ2v) is 3.97. The highest BCUT2D eigenvalue weighted by atomic mass is 16.5. The van der Waals surface area contributed by atoms with Crippen LogP contribution in [0.4, 0.5) is 0 Å². The molecule has 1 saturated heterocycles. The summed E-state index contributed by atoms with van der Waals surface area (Å²) in [6.45, 7) is 4.68. The van der Waals surface area contributed by atoms with E-state index in [1.54, 1.807) is 7.11 Å². The van der Waals surface area contributed by atoms with Crippen LogP contribution in [0.25, 0.3) is 0 Å². The average Bonchev–Trinajstić information content (AvgIpc) is 2.63. The van der Waals surface area contributed by atoms with Crippen molar-refractivity contribution in [3.05, 3.63) is 0 Å². The lowest BCUT2D eigenvalue weighted by molar-refractivity contribution is 0.0260. The Morgan fingerprint density at radius 2 is 2.21 bits per heavy atom. The summed E-state index contributed by atoms with van der Waals surface area (Å²) in [5.41, 5.74) is 0. The van der Waals surface area contributed by atoms with Gasteiger partial charge in [-0.2, -0.15) is 0 Å². The van der Waals surface area contributed by atoms with Gasteiger partial charge < -0.3 is 14.8 Å². The van der Waals surface area contributed by atoms with Gasteiger partial charge >= 0.3 is 0 Å². The highest BCUT2D eigenvalue weighted by Crippen LogP contribution is 2.15. The lowest BCUT2D eigenvalue weighted by Crippen LogP contribution is -2.21. The number of hydrogen-bond acceptors (Lipinski definition) is 3. The van der Waals surface area contributed by atoms with E-state index in [4.69, 9.17) is 9.47 Å². The number of ether oxygens (including phenoxy) is 2. The summed E-state index contributed by atoms with van der Waals surface area (Å²) < 4.78 is 10.6. The van der Waals surface area contributed by atoms with Gasteiger partial charge in [-0.25, -0.2) is 0 Å². The molecule has 1 fully saturated rings. The zero-order chi connectivity index (χ0) is 10.2. The van der Waals surface area contributed by atoms with Crippen LogP contribution in [-0.4, -0.2) is 39.0 Å². The molecule has 0 bridgehead atoms. The Bertz CT molecular complexity index is 141. The first kappa shape index (κ1) is 12.0. The van der Waals surface area contributed by atoms with Crippen LogP contribution in [-0.2, 0) is 9.47 Å². The van der Waals surface area contributed by atoms with Crippen LogP contribution < -0.4 is 5.32 Å². The predicted octanol–water partition coefficient (Wildman–Crippen LogP) is 1.57. The Labute approximate surface area is 87.2 Å². The van der Waals surface area contributed by atoms with E-state index in [0.717, 1.165) is 13.2 Å². The molecule has 0 unspecified atom stereocenters. The summed E-state index contributed by atoms with van der Waals surface area (Å²) in [5, 5.41) is 3.50. The van der Waals surface area contributed by atoms with Gasteiger partial charge in [0.05, 0.1) is 19.3 Å². The molecule has 0 aromatic carbocycles. The lowest BCUT2D eigenvalue weighted by Gasteiger charge is -2.10. The molecule has 1 N–H and O–H groups in total. The van der Waals surface area contributed by atoms with Crippen LogP contribution in [0, 0.1) is 0 Å². The minimum absolute atomic E-state index is 0.409. The molecule has 1 aliphatic rings. The van der Waals surface area contributed by atoms with Crippen molar-refractivity contribution in [3.63, 3.8) is 0 Å². The maximum atomic E-state index is 5.67. The molecular weight excluding hydrogens is 178 g/mol. The summed E-state index contributed by atoms with van der Waals surface area (Å²) >= 11 is 0. The van der Waals surface area contributed by atoms with Crippen LogP contribution in [0.15, 0.2) is 0 Å². The Morgan fingerprint density at radius 3 is 2.93 bits per heavy atom. The zero-order valence-corrected chi connectivity index (χ0v) is 9.42. The van der Waals surface area contributed by atoms with Crippen molar-refractivity contribution in [2.45, 2.75) is 44.8 Å². The van der Waals surface area contributed by atoms with E-state index < -0.39 is 0 Å². The molecule has 3 heteroatoms. The van der Waals surface area contributed by atoms with Gasteiger partial charge in [-0.3, -0.25) is 0 Å². The summed E-state index contributed by atoms with van der Waals surface area (Å²) in [4.78, 5) is 0. The number of unbranched alkanes of at least 4 members (excludes halogenated alkanes) is 1. The second kappa shape index (κ2) is 7.21. The van der Waals surface area contributed by atoms with Crippen LogP contribution in [0.5, 0.6) is 0 Å². The van der Waals surface area contributed by atoms with Gasteiger partial charge in [-0.1, -0.05) is 19.8 Å². The molecule has 3 nitrogen and oxygen atoms in total. The first-order valence-electron chi connectivity index (χ1n) is 5.70. The normalized spacial score (nSPS) is 27.0. The number of methoxy groups -OCH3 is 1. The smallest absolute Gasteiger partial charge is 0.0715 e. The molecule has 84 valence electrons. The fraction of sp³-hybridized carbons (Fsp3) is 1.00. The van der Waals surface area contributed by atoms with Crippen molar-refractivity contribution in [3.8, 4) is 0 Å². The van der Waals surface area contributed by atoms with Gasteiger partial charge in [0.15, 0.2) is 0 Å². The quantitative estimate of drug-likeness (QED) is 0.634. The Morgan fingerprint density at radius 1 is 1.36 bits per heavy atom. The van der Waals surface area contributed by atoms with Crippen molar-refractivity contribution in [1.82, 2.24) is 5.32 Å². The van der Waals surface area contributed by atoms with Crippen molar-refractivity contribution in [1.29, 1.82) is 0 Å². The van der Waals surface area contributed by atoms with Gasteiger partial charge in [0.25, 0.3) is 0 Å². The summed E-state index contributed by atoms with van der Waals surface area (Å²) in [6, 6.07) is 0.683. The number of hydrogen-bond donors (Lipinski definition) is 1. The van der Waals surface area contributed by atoms with Crippen molar-refractivity contribution in [2.75, 3.05) is 26.9 Å². The summed E-state index contributed by atoms with van der Waals surface area (Å²) in [7, 11) is 1.71. The van der Waals surface area contributed by atoms with Gasteiger partial charge in [0.2, 0.25) is 0 Å². The van der Waals surface area contributed by atoms with Crippen molar-refractivity contribution < 1.29 is 9.47 Å². The van der Waals surface area contributed by atoms with E-state index >= 15 is 0 Å². The summed E-state index contributed by atoms with van der Waals surface area (Å²) in [5.74, 6) is 0. The van der Waals surface area contributed by atoms with E-state index in [-0.39, 0.29) is 0 Å². The predicted molar refractivity (Wildman–Crippen MR) is 57.5 cm³/mol. The SMILES string of the molecule is CCCC[C@H]1C[C@H](OCCOC)CN1. The molecule has 0 spiro atoms. The average molecular weight is 201 g/mol. The van der Waals surface area contributed by atoms with Crippen LogP contribution >= 0.6 is 0 Å². The number of rotatable bonds is 7. The molecule has 0 radical (unpaired) electrons. The first-order valence-corrected chi connectivity index (χ1v) is 5.70. The highest BCUT2D eigenvalue weighted by Gasteiger charge is 2.23. The Hall–Kier alpha value is -0.120. The van der Waals surface area contributed by atoms with E-state index in [1.165, 1.54) is 25.7 Å². The molecular formula is C11H23NO2. The molecule has 0 aromatic rings. The van der Waals surface area contributed by atoms with Crippen LogP contribution in [0.3, 0.4) is 0 Å². The van der Waals surface area contributed by atoms with Gasteiger partial charge in [0.1, 0.15) is 0 Å². The molecule has 1 rings (SSSR count). The van der Waals surface area contributed by atoms with Gasteiger partial charge in [0, 0.05) is 19.7 Å². The van der Waals surface area contributed by atoms with Gasteiger partial charge in [-0.05, 0) is 12.8 Å². The highest BCUT2D eigenvalue weighted by molar-refractivity contribution is 4.81.